The van der Waals surface area contributed by atoms with Crippen LogP contribution in [0.4, 0.5) is 0 Å². The third-order valence-corrected chi connectivity index (χ3v) is 1.54. The highest BCUT2D eigenvalue weighted by Crippen LogP contribution is 2.01. The van der Waals surface area contributed by atoms with E-state index in [1.165, 1.54) is 0 Å². The fourth-order valence-corrected chi connectivity index (χ4v) is 0.745. The van der Waals surface area contributed by atoms with Crippen molar-refractivity contribution >= 4 is 30.6 Å². The zero-order valence-electron chi connectivity index (χ0n) is 6.43. The number of halogens is 1. The molecule has 0 fully saturated rings. The summed E-state index contributed by atoms with van der Waals surface area (Å²) in [6.07, 6.45) is 0.962. The summed E-state index contributed by atoms with van der Waals surface area (Å²) in [5, 5.41) is 2.66. The molecule has 0 aromatic rings. The van der Waals surface area contributed by atoms with Gasteiger partial charge in [0, 0.05) is 6.61 Å². The van der Waals surface area contributed by atoms with E-state index in [4.69, 9.17) is 12.7 Å². The van der Waals surface area contributed by atoms with E-state index in [1.54, 1.807) is 0 Å². The number of rotatable bonds is 5. The van der Waals surface area contributed by atoms with Crippen LogP contribution in [0, 0.1) is 0 Å². The number of hydrogen-bond acceptors (Lipinski definition) is 2. The summed E-state index contributed by atoms with van der Waals surface area (Å²) in [5.74, 6) is 0. The monoisotopic (exact) mass is 253 g/mol. The molecule has 0 aliphatic rings. The average molecular weight is 253 g/mol. The smallest absolute Gasteiger partial charge is 0.178 e. The van der Waals surface area contributed by atoms with Crippen LogP contribution in [-0.4, -0.2) is 24.7 Å². The largest absolute Gasteiger partial charge is 0.368 e. The summed E-state index contributed by atoms with van der Waals surface area (Å²) in [7, 11) is 5.18. The Bertz CT molecular complexity index is 82.1. The second kappa shape index (κ2) is 6.43. The Kier molecular flexibility index (Phi) is 6.89. The van der Waals surface area contributed by atoms with E-state index in [2.05, 4.69) is 27.8 Å². The topological polar surface area (TPSA) is 21.3 Å². The predicted octanol–water partition coefficient (Wildman–Crippen LogP) is 1.24. The first-order valence-electron chi connectivity index (χ1n) is 3.38. The second-order valence-corrected chi connectivity index (χ2v) is 4.02. The van der Waals surface area contributed by atoms with E-state index in [-0.39, 0.29) is 0 Å². The first-order valence-corrected chi connectivity index (χ1v) is 4.63. The maximum Gasteiger partial charge on any atom is 0.178 e. The molecule has 0 spiro atoms. The van der Waals surface area contributed by atoms with Crippen LogP contribution in [0.3, 0.4) is 0 Å². The van der Waals surface area contributed by atoms with Gasteiger partial charge in [-0.2, -0.15) is 0 Å². The Hall–Kier alpha value is 0.715. The molecule has 0 aliphatic heterocycles. The maximum atomic E-state index is 5.31. The highest BCUT2D eigenvalue weighted by molar-refractivity contribution is 14.1. The molecule has 2 radical (unpaired) electrons. The van der Waals surface area contributed by atoms with Gasteiger partial charge < -0.3 is 9.96 Å². The van der Waals surface area contributed by atoms with E-state index in [9.17, 15) is 0 Å². The van der Waals surface area contributed by atoms with Crippen LogP contribution in [0.5, 0.6) is 0 Å². The summed E-state index contributed by atoms with van der Waals surface area (Å²) < 4.78 is 5.60. The molecule has 0 rings (SSSR count). The molecule has 0 saturated carbocycles. The quantitative estimate of drug-likeness (QED) is 0.452. The molecular formula is C6H13BINO. The average Bonchev–Trinajstić information content (AvgIpc) is 1.87. The molecule has 2 nitrogen and oxygen atoms in total. The zero-order chi connectivity index (χ0) is 7.98. The van der Waals surface area contributed by atoms with Gasteiger partial charge in [-0.3, -0.25) is 0 Å². The fraction of sp³-hybridized carbons (Fsp3) is 1.00. The lowest BCUT2D eigenvalue weighted by molar-refractivity contribution is 0.127. The van der Waals surface area contributed by atoms with Crippen molar-refractivity contribution in [3.05, 3.63) is 0 Å². The van der Waals surface area contributed by atoms with Gasteiger partial charge in [0.1, 0.15) is 4.11 Å². The van der Waals surface area contributed by atoms with Gasteiger partial charge in [0.05, 0.1) is 0 Å². The Morgan fingerprint density at radius 2 is 2.20 bits per heavy atom. The lowest BCUT2D eigenvalue weighted by atomic mass is 10.2. The van der Waals surface area contributed by atoms with E-state index >= 15 is 0 Å². The predicted molar refractivity (Wildman–Crippen MR) is 52.4 cm³/mol. The number of alkyl halides is 1. The number of hydrogen-bond donors (Lipinski definition) is 1. The third-order valence-electron chi connectivity index (χ3n) is 1.18. The molecular weight excluding hydrogens is 240 g/mol. The molecule has 0 heterocycles. The van der Waals surface area contributed by atoms with Gasteiger partial charge in [-0.25, -0.2) is 0 Å². The lowest BCUT2D eigenvalue weighted by Gasteiger charge is -2.11. The highest BCUT2D eigenvalue weighted by atomic mass is 127. The van der Waals surface area contributed by atoms with Crippen molar-refractivity contribution in [2.24, 2.45) is 0 Å². The van der Waals surface area contributed by atoms with E-state index in [0.717, 1.165) is 13.0 Å². The van der Waals surface area contributed by atoms with Gasteiger partial charge in [-0.05, 0) is 19.4 Å². The maximum absolute atomic E-state index is 5.31. The normalized spacial score (nSPS) is 16.7. The van der Waals surface area contributed by atoms with Gasteiger partial charge in [-0.15, -0.1) is 0 Å². The van der Waals surface area contributed by atoms with Crippen LogP contribution in [0.25, 0.3) is 0 Å². The van der Waals surface area contributed by atoms with E-state index in [0.29, 0.717) is 10.2 Å². The third kappa shape index (κ3) is 6.83. The molecule has 0 bridgehead atoms. The molecule has 0 saturated heterocycles. The molecule has 0 aliphatic carbocycles. The summed E-state index contributed by atoms with van der Waals surface area (Å²) in [6, 6.07) is 0.343. The van der Waals surface area contributed by atoms with Gasteiger partial charge in [0.15, 0.2) is 7.98 Å². The number of ether oxygens (including phenoxy) is 1. The van der Waals surface area contributed by atoms with Crippen molar-refractivity contribution in [1.82, 2.24) is 5.23 Å². The summed E-state index contributed by atoms with van der Waals surface area (Å²) in [6.45, 7) is 4.82. The molecule has 4 heteroatoms. The first-order chi connectivity index (χ1) is 4.66. The standard InChI is InChI=1S/C6H13BINO/c1-5(9-7)3-4-10-6(2)8/h5-6,9H,3-4H2,1-2H3/t5-,6?/m0/s1. The van der Waals surface area contributed by atoms with Crippen molar-refractivity contribution in [3.63, 3.8) is 0 Å². The van der Waals surface area contributed by atoms with Crippen molar-refractivity contribution in [1.29, 1.82) is 0 Å². The van der Waals surface area contributed by atoms with Crippen LogP contribution in [0.1, 0.15) is 20.3 Å². The molecule has 0 aromatic heterocycles. The van der Waals surface area contributed by atoms with Crippen molar-refractivity contribution in [2.45, 2.75) is 30.4 Å². The van der Waals surface area contributed by atoms with Gasteiger partial charge in [0.25, 0.3) is 0 Å². The highest BCUT2D eigenvalue weighted by Gasteiger charge is 1.98. The van der Waals surface area contributed by atoms with Crippen molar-refractivity contribution in [3.8, 4) is 0 Å². The number of nitrogens with one attached hydrogen (secondary N) is 1. The van der Waals surface area contributed by atoms with E-state index < -0.39 is 0 Å². The molecule has 10 heavy (non-hydrogen) atoms. The lowest BCUT2D eigenvalue weighted by Crippen LogP contribution is -2.24. The van der Waals surface area contributed by atoms with Crippen LogP contribution in [0.15, 0.2) is 0 Å². The molecule has 58 valence electrons. The van der Waals surface area contributed by atoms with E-state index in [1.807, 2.05) is 13.8 Å². The summed E-state index contributed by atoms with van der Waals surface area (Å²) >= 11 is 2.23. The van der Waals surface area contributed by atoms with Crippen molar-refractivity contribution in [2.75, 3.05) is 6.61 Å². The van der Waals surface area contributed by atoms with Crippen LogP contribution < -0.4 is 5.23 Å². The van der Waals surface area contributed by atoms with Gasteiger partial charge in [-0.1, -0.05) is 29.5 Å². The SMILES string of the molecule is [B]N[C@@H](C)CCOC(C)I. The molecule has 2 atom stereocenters. The molecule has 1 unspecified atom stereocenters. The Labute approximate surface area is 77.7 Å². The summed E-state index contributed by atoms with van der Waals surface area (Å²) in [4.78, 5) is 0. The molecule has 0 amide bonds. The van der Waals surface area contributed by atoms with Crippen molar-refractivity contribution < 1.29 is 4.74 Å². The van der Waals surface area contributed by atoms with Gasteiger partial charge in [0.2, 0.25) is 0 Å². The minimum absolute atomic E-state index is 0.294. The minimum atomic E-state index is 0.294. The Morgan fingerprint density at radius 1 is 1.60 bits per heavy atom. The Balaban J connectivity index is 3.03. The fourth-order valence-electron chi connectivity index (χ4n) is 0.491. The molecule has 1 N–H and O–H groups in total. The van der Waals surface area contributed by atoms with Crippen LogP contribution in [0.2, 0.25) is 0 Å². The second-order valence-electron chi connectivity index (χ2n) is 2.27. The zero-order valence-corrected chi connectivity index (χ0v) is 8.59. The molecule has 0 aromatic carbocycles. The minimum Gasteiger partial charge on any atom is -0.368 e. The Morgan fingerprint density at radius 3 is 2.60 bits per heavy atom. The first kappa shape index (κ1) is 10.7. The summed E-state index contributed by atoms with van der Waals surface area (Å²) in [5.41, 5.74) is 0. The van der Waals surface area contributed by atoms with Gasteiger partial charge >= 0.3 is 0 Å². The van der Waals surface area contributed by atoms with Crippen LogP contribution >= 0.6 is 22.6 Å². The van der Waals surface area contributed by atoms with Crippen LogP contribution in [-0.2, 0) is 4.74 Å².